The highest BCUT2D eigenvalue weighted by Crippen LogP contribution is 2.27. The minimum Gasteiger partial charge on any atom is -0.331 e. The van der Waals surface area contributed by atoms with E-state index in [2.05, 4.69) is 25.4 Å². The number of carbonyl (C=O) groups is 1. The van der Waals surface area contributed by atoms with Gasteiger partial charge in [-0.05, 0) is 50.5 Å². The van der Waals surface area contributed by atoms with E-state index in [1.165, 1.54) is 0 Å². The Morgan fingerprint density at radius 2 is 1.82 bits per heavy atom. The Morgan fingerprint density at radius 3 is 2.45 bits per heavy atom. The average Bonchev–Trinajstić information content (AvgIpc) is 3.35. The van der Waals surface area contributed by atoms with E-state index in [0.717, 1.165) is 15.9 Å². The number of nitrogens with zero attached hydrogens (tertiary/aromatic N) is 6. The molecule has 1 N–H and O–H groups in total. The molecule has 0 bridgehead atoms. The van der Waals surface area contributed by atoms with Gasteiger partial charge in [-0.1, -0.05) is 12.1 Å². The monoisotopic (exact) mass is 457 g/mol. The van der Waals surface area contributed by atoms with E-state index >= 15 is 0 Å². The normalized spacial score (nSPS) is 11.8. The number of benzene rings is 1. The van der Waals surface area contributed by atoms with Crippen molar-refractivity contribution in [2.75, 3.05) is 5.32 Å². The highest BCUT2D eigenvalue weighted by atomic mass is 19.4. The van der Waals surface area contributed by atoms with Crippen LogP contribution in [0.4, 0.5) is 18.9 Å². The number of halogens is 3. The Kier molecular flexibility index (Phi) is 5.88. The number of hydrogen-bond acceptors (Lipinski definition) is 5. The average molecular weight is 457 g/mol. The van der Waals surface area contributed by atoms with E-state index in [1.54, 1.807) is 20.0 Å². The number of aryl methyl sites for hydroxylation is 3. The molecule has 11 heteroatoms. The summed E-state index contributed by atoms with van der Waals surface area (Å²) in [6.45, 7) is 5.95. The Bertz CT molecular complexity index is 1310. The van der Waals surface area contributed by atoms with Crippen LogP contribution < -0.4 is 5.32 Å². The van der Waals surface area contributed by atoms with Gasteiger partial charge >= 0.3 is 6.18 Å². The van der Waals surface area contributed by atoms with E-state index in [0.29, 0.717) is 35.6 Å². The van der Waals surface area contributed by atoms with Crippen LogP contribution in [0.5, 0.6) is 0 Å². The van der Waals surface area contributed by atoms with Crippen LogP contribution in [0.1, 0.15) is 40.6 Å². The number of carbonyl (C=O) groups excluding carboxylic acids is 1. The maximum atomic E-state index is 12.9. The molecule has 0 spiro atoms. The van der Waals surface area contributed by atoms with Crippen molar-refractivity contribution in [3.63, 3.8) is 0 Å². The van der Waals surface area contributed by atoms with Gasteiger partial charge in [0.15, 0.2) is 0 Å². The summed E-state index contributed by atoms with van der Waals surface area (Å²) in [5.74, 6) is -0.636. The van der Waals surface area contributed by atoms with Gasteiger partial charge in [-0.2, -0.15) is 18.2 Å². The fraction of sp³-hybridized carbons (Fsp3) is 0.318. The second kappa shape index (κ2) is 8.64. The lowest BCUT2D eigenvalue weighted by Crippen LogP contribution is -2.14. The number of hydrogen-bond donors (Lipinski definition) is 1. The van der Waals surface area contributed by atoms with Crippen LogP contribution in [0.15, 0.2) is 36.7 Å². The highest BCUT2D eigenvalue weighted by Gasteiger charge is 2.37. The fourth-order valence-corrected chi connectivity index (χ4v) is 3.61. The molecule has 0 aliphatic heterocycles. The largest absolute Gasteiger partial charge is 0.453 e. The van der Waals surface area contributed by atoms with Crippen LogP contribution in [0, 0.1) is 20.8 Å². The Balaban J connectivity index is 1.41. The molecule has 3 aromatic heterocycles. The molecule has 3 heterocycles. The van der Waals surface area contributed by atoms with Crippen LogP contribution >= 0.6 is 0 Å². The molecule has 0 fully saturated rings. The maximum absolute atomic E-state index is 12.9. The molecule has 0 unspecified atom stereocenters. The number of anilines is 1. The molecular weight excluding hydrogens is 435 g/mol. The predicted molar refractivity (Wildman–Crippen MR) is 115 cm³/mol. The number of aromatic nitrogens is 6. The zero-order valence-corrected chi connectivity index (χ0v) is 18.3. The summed E-state index contributed by atoms with van der Waals surface area (Å²) < 4.78 is 41.9. The SMILES string of the molecule is Cc1nc2nc(C(F)(F)F)nn2c(C)c1CCC(=O)Nc1ccc(Cn2ccnc2C)cc1. The molecule has 33 heavy (non-hydrogen) atoms. The number of nitrogens with one attached hydrogen (secondary N) is 1. The van der Waals surface area contributed by atoms with Gasteiger partial charge < -0.3 is 9.88 Å². The molecule has 4 rings (SSSR count). The molecule has 1 aromatic carbocycles. The minimum atomic E-state index is -4.65. The minimum absolute atomic E-state index is 0.114. The molecule has 0 radical (unpaired) electrons. The summed E-state index contributed by atoms with van der Waals surface area (Å²) in [5, 5.41) is 6.38. The topological polar surface area (TPSA) is 90.0 Å². The highest BCUT2D eigenvalue weighted by molar-refractivity contribution is 5.90. The zero-order chi connectivity index (χ0) is 23.8. The van der Waals surface area contributed by atoms with Crippen LogP contribution in [0.25, 0.3) is 5.78 Å². The standard InChI is InChI=1S/C22H22F3N7O/c1-13-18(14(2)32-21(27-13)29-20(30-32)22(23,24)25)8-9-19(33)28-17-6-4-16(5-7-17)12-31-11-10-26-15(31)3/h4-7,10-11H,8-9,12H2,1-3H3,(H,28,33). The summed E-state index contributed by atoms with van der Waals surface area (Å²) >= 11 is 0. The van der Waals surface area contributed by atoms with Crippen molar-refractivity contribution in [2.24, 2.45) is 0 Å². The van der Waals surface area contributed by atoms with Gasteiger partial charge in [0.05, 0.1) is 0 Å². The fourth-order valence-electron chi connectivity index (χ4n) is 3.61. The lowest BCUT2D eigenvalue weighted by atomic mass is 10.1. The van der Waals surface area contributed by atoms with Crippen molar-refractivity contribution < 1.29 is 18.0 Å². The molecule has 0 saturated carbocycles. The van der Waals surface area contributed by atoms with Gasteiger partial charge in [-0.15, -0.1) is 5.10 Å². The Hall–Kier alpha value is -3.76. The molecule has 0 aliphatic rings. The summed E-state index contributed by atoms with van der Waals surface area (Å²) in [5.41, 5.74) is 3.41. The molecule has 1 amide bonds. The first-order valence-electron chi connectivity index (χ1n) is 10.3. The first-order chi connectivity index (χ1) is 15.6. The Labute approximate surface area is 187 Å². The van der Waals surface area contributed by atoms with E-state index < -0.39 is 12.0 Å². The van der Waals surface area contributed by atoms with E-state index in [-0.39, 0.29) is 18.1 Å². The third kappa shape index (κ3) is 4.86. The lowest BCUT2D eigenvalue weighted by Gasteiger charge is -2.11. The molecule has 172 valence electrons. The van der Waals surface area contributed by atoms with Gasteiger partial charge in [0.1, 0.15) is 5.82 Å². The van der Waals surface area contributed by atoms with Crippen molar-refractivity contribution in [3.05, 3.63) is 70.8 Å². The summed E-state index contributed by atoms with van der Waals surface area (Å²) in [6, 6.07) is 7.53. The number of rotatable bonds is 6. The van der Waals surface area contributed by atoms with Crippen molar-refractivity contribution >= 4 is 17.4 Å². The molecule has 8 nitrogen and oxygen atoms in total. The summed E-state index contributed by atoms with van der Waals surface area (Å²) in [4.78, 5) is 24.3. The predicted octanol–water partition coefficient (Wildman–Crippen LogP) is 3.88. The van der Waals surface area contributed by atoms with Crippen LogP contribution in [-0.4, -0.2) is 35.0 Å². The lowest BCUT2D eigenvalue weighted by molar-refractivity contribution is -0.144. The first kappa shape index (κ1) is 22.4. The Morgan fingerprint density at radius 1 is 1.09 bits per heavy atom. The van der Waals surface area contributed by atoms with Gasteiger partial charge in [-0.3, -0.25) is 4.79 Å². The second-order valence-corrected chi connectivity index (χ2v) is 7.75. The number of imidazole rings is 1. The van der Waals surface area contributed by atoms with Gasteiger partial charge in [0, 0.05) is 42.4 Å². The first-order valence-corrected chi connectivity index (χ1v) is 10.3. The number of amides is 1. The number of alkyl halides is 3. The van der Waals surface area contributed by atoms with Gasteiger partial charge in [0.25, 0.3) is 11.6 Å². The number of fused-ring (bicyclic) bond motifs is 1. The second-order valence-electron chi connectivity index (χ2n) is 7.75. The zero-order valence-electron chi connectivity index (χ0n) is 18.3. The van der Waals surface area contributed by atoms with Crippen molar-refractivity contribution in [3.8, 4) is 0 Å². The van der Waals surface area contributed by atoms with E-state index in [1.807, 2.05) is 42.0 Å². The third-order valence-corrected chi connectivity index (χ3v) is 5.42. The maximum Gasteiger partial charge on any atom is 0.453 e. The molecule has 4 aromatic rings. The van der Waals surface area contributed by atoms with Crippen LogP contribution in [0.2, 0.25) is 0 Å². The molecule has 0 aliphatic carbocycles. The smallest absolute Gasteiger partial charge is 0.331 e. The van der Waals surface area contributed by atoms with Crippen LogP contribution in [-0.2, 0) is 23.9 Å². The van der Waals surface area contributed by atoms with E-state index in [9.17, 15) is 18.0 Å². The van der Waals surface area contributed by atoms with Gasteiger partial charge in [-0.25, -0.2) is 14.5 Å². The van der Waals surface area contributed by atoms with Gasteiger partial charge in [0.2, 0.25) is 5.91 Å². The van der Waals surface area contributed by atoms with Crippen molar-refractivity contribution in [1.29, 1.82) is 0 Å². The molecule has 0 saturated heterocycles. The molecular formula is C22H22F3N7O. The summed E-state index contributed by atoms with van der Waals surface area (Å²) in [6.07, 6.45) is -0.540. The quantitative estimate of drug-likeness (QED) is 0.475. The van der Waals surface area contributed by atoms with Crippen LogP contribution in [0.3, 0.4) is 0 Å². The van der Waals surface area contributed by atoms with Crippen molar-refractivity contribution in [1.82, 2.24) is 29.1 Å². The summed E-state index contributed by atoms with van der Waals surface area (Å²) in [7, 11) is 0. The van der Waals surface area contributed by atoms with Crippen molar-refractivity contribution in [2.45, 2.75) is 46.3 Å². The van der Waals surface area contributed by atoms with E-state index in [4.69, 9.17) is 0 Å². The third-order valence-electron chi connectivity index (χ3n) is 5.42. The molecule has 0 atom stereocenters.